The summed E-state index contributed by atoms with van der Waals surface area (Å²) >= 11 is 4.91. The molecule has 1 atom stereocenters. The van der Waals surface area contributed by atoms with E-state index in [1.165, 1.54) is 19.3 Å². The summed E-state index contributed by atoms with van der Waals surface area (Å²) < 4.78 is 0. The molecule has 1 aromatic rings. The van der Waals surface area contributed by atoms with Crippen LogP contribution in [0.15, 0.2) is 12.4 Å². The van der Waals surface area contributed by atoms with Crippen LogP contribution in [0.5, 0.6) is 0 Å². The van der Waals surface area contributed by atoms with E-state index in [1.807, 2.05) is 0 Å². The molecule has 2 heterocycles. The van der Waals surface area contributed by atoms with Crippen molar-refractivity contribution >= 4 is 23.0 Å². The average Bonchev–Trinajstić information content (AvgIpc) is 2.30. The number of nitrogens with zero attached hydrogens (tertiary/aromatic N) is 3. The highest BCUT2D eigenvalue weighted by molar-refractivity contribution is 7.80. The molecule has 1 aromatic heterocycles. The fourth-order valence-corrected chi connectivity index (χ4v) is 2.15. The molecule has 1 fully saturated rings. The zero-order chi connectivity index (χ0) is 11.5. The Balaban J connectivity index is 2.25. The molecule has 16 heavy (non-hydrogen) atoms. The summed E-state index contributed by atoms with van der Waals surface area (Å²) in [6.45, 7) is 3.25. The van der Waals surface area contributed by atoms with Gasteiger partial charge in [0.2, 0.25) is 0 Å². The maximum Gasteiger partial charge on any atom is 0.148 e. The second-order valence-electron chi connectivity index (χ2n) is 4.16. The summed E-state index contributed by atoms with van der Waals surface area (Å²) in [6, 6.07) is 0.518. The van der Waals surface area contributed by atoms with E-state index in [9.17, 15) is 0 Å². The van der Waals surface area contributed by atoms with E-state index in [0.29, 0.717) is 16.7 Å². The van der Waals surface area contributed by atoms with Gasteiger partial charge in [0.15, 0.2) is 0 Å². The Morgan fingerprint density at radius 2 is 2.31 bits per heavy atom. The minimum Gasteiger partial charge on any atom is -0.388 e. The first-order valence-electron chi connectivity index (χ1n) is 5.57. The summed E-state index contributed by atoms with van der Waals surface area (Å²) in [7, 11) is 0. The lowest BCUT2D eigenvalue weighted by molar-refractivity contribution is 0.480. The van der Waals surface area contributed by atoms with Crippen LogP contribution >= 0.6 is 12.2 Å². The highest BCUT2D eigenvalue weighted by atomic mass is 32.1. The summed E-state index contributed by atoms with van der Waals surface area (Å²) in [5.74, 6) is 0.887. The van der Waals surface area contributed by atoms with Gasteiger partial charge in [-0.2, -0.15) is 0 Å². The van der Waals surface area contributed by atoms with E-state index >= 15 is 0 Å². The molecule has 5 heteroatoms. The van der Waals surface area contributed by atoms with Gasteiger partial charge in [-0.1, -0.05) is 12.2 Å². The van der Waals surface area contributed by atoms with E-state index in [2.05, 4.69) is 21.8 Å². The van der Waals surface area contributed by atoms with Crippen molar-refractivity contribution in [2.45, 2.75) is 32.2 Å². The number of hydrogen-bond acceptors (Lipinski definition) is 4. The summed E-state index contributed by atoms with van der Waals surface area (Å²) in [6.07, 6.45) is 7.10. The molecule has 1 saturated heterocycles. The van der Waals surface area contributed by atoms with Gasteiger partial charge < -0.3 is 10.6 Å². The van der Waals surface area contributed by atoms with Gasteiger partial charge in [-0.05, 0) is 26.2 Å². The molecule has 1 unspecified atom stereocenters. The molecule has 0 spiro atoms. The fraction of sp³-hybridized carbons (Fsp3) is 0.545. The number of piperidine rings is 1. The van der Waals surface area contributed by atoms with Crippen LogP contribution in [-0.4, -0.2) is 27.5 Å². The second-order valence-corrected chi connectivity index (χ2v) is 4.60. The third-order valence-electron chi connectivity index (χ3n) is 2.97. The zero-order valence-corrected chi connectivity index (χ0v) is 10.2. The minimum atomic E-state index is 0.305. The molecule has 1 aliphatic heterocycles. The highest BCUT2D eigenvalue weighted by Crippen LogP contribution is 2.22. The first-order chi connectivity index (χ1) is 7.68. The van der Waals surface area contributed by atoms with Gasteiger partial charge in [0.1, 0.15) is 16.5 Å². The highest BCUT2D eigenvalue weighted by Gasteiger charge is 2.20. The SMILES string of the molecule is CC1CCCCN1c1cncc(C(N)=S)n1. The van der Waals surface area contributed by atoms with Crippen LogP contribution in [0.4, 0.5) is 5.82 Å². The molecule has 86 valence electrons. The number of anilines is 1. The number of nitrogens with two attached hydrogens (primary N) is 1. The van der Waals surface area contributed by atoms with Crippen LogP contribution in [0.25, 0.3) is 0 Å². The molecule has 0 aromatic carbocycles. The lowest BCUT2D eigenvalue weighted by Gasteiger charge is -2.34. The topological polar surface area (TPSA) is 55.0 Å². The Bertz CT molecular complexity index is 393. The maximum absolute atomic E-state index is 5.56. The Labute approximate surface area is 101 Å². The van der Waals surface area contributed by atoms with Gasteiger partial charge in [0.05, 0.1) is 12.4 Å². The molecule has 2 N–H and O–H groups in total. The summed E-state index contributed by atoms with van der Waals surface area (Å²) in [5, 5.41) is 0. The predicted molar refractivity (Wildman–Crippen MR) is 68.6 cm³/mol. The van der Waals surface area contributed by atoms with Crippen molar-refractivity contribution in [1.82, 2.24) is 9.97 Å². The van der Waals surface area contributed by atoms with Gasteiger partial charge in [-0.25, -0.2) is 4.98 Å². The van der Waals surface area contributed by atoms with Crippen molar-refractivity contribution in [1.29, 1.82) is 0 Å². The molecule has 1 aliphatic rings. The van der Waals surface area contributed by atoms with Crippen LogP contribution < -0.4 is 10.6 Å². The first-order valence-corrected chi connectivity index (χ1v) is 5.98. The molecule has 0 bridgehead atoms. The minimum absolute atomic E-state index is 0.305. The van der Waals surface area contributed by atoms with E-state index in [1.54, 1.807) is 12.4 Å². The molecule has 0 saturated carbocycles. The van der Waals surface area contributed by atoms with Crippen molar-refractivity contribution < 1.29 is 0 Å². The number of aromatic nitrogens is 2. The lowest BCUT2D eigenvalue weighted by atomic mass is 10.0. The number of hydrogen-bond donors (Lipinski definition) is 1. The van der Waals surface area contributed by atoms with Crippen LogP contribution in [0, 0.1) is 0 Å². The Morgan fingerprint density at radius 1 is 1.50 bits per heavy atom. The fourth-order valence-electron chi connectivity index (χ4n) is 2.05. The first kappa shape index (κ1) is 11.3. The van der Waals surface area contributed by atoms with Gasteiger partial charge >= 0.3 is 0 Å². The van der Waals surface area contributed by atoms with Crippen molar-refractivity contribution in [3.8, 4) is 0 Å². The van der Waals surface area contributed by atoms with Crippen LogP contribution in [0.2, 0.25) is 0 Å². The van der Waals surface area contributed by atoms with Gasteiger partial charge in [0.25, 0.3) is 0 Å². The van der Waals surface area contributed by atoms with Gasteiger partial charge in [0, 0.05) is 12.6 Å². The molecule has 0 amide bonds. The number of thiocarbonyl (C=S) groups is 1. The Kier molecular flexibility index (Phi) is 3.33. The van der Waals surface area contributed by atoms with Crippen molar-refractivity contribution in [3.05, 3.63) is 18.1 Å². The maximum atomic E-state index is 5.56. The van der Waals surface area contributed by atoms with Crippen LogP contribution in [0.3, 0.4) is 0 Å². The molecule has 0 radical (unpaired) electrons. The van der Waals surface area contributed by atoms with Crippen molar-refractivity contribution in [2.24, 2.45) is 5.73 Å². The summed E-state index contributed by atoms with van der Waals surface area (Å²) in [4.78, 5) is 11.2. The zero-order valence-electron chi connectivity index (χ0n) is 9.39. The third-order valence-corrected chi connectivity index (χ3v) is 3.18. The van der Waals surface area contributed by atoms with Crippen molar-refractivity contribution in [2.75, 3.05) is 11.4 Å². The lowest BCUT2D eigenvalue weighted by Crippen LogP contribution is -2.38. The van der Waals surface area contributed by atoms with Crippen LogP contribution in [-0.2, 0) is 0 Å². The monoisotopic (exact) mass is 236 g/mol. The molecular formula is C11H16N4S. The Hall–Kier alpha value is -1.23. The van der Waals surface area contributed by atoms with E-state index in [4.69, 9.17) is 18.0 Å². The smallest absolute Gasteiger partial charge is 0.148 e. The van der Waals surface area contributed by atoms with E-state index in [0.717, 1.165) is 12.4 Å². The predicted octanol–water partition coefficient (Wildman–Crippen LogP) is 1.49. The largest absolute Gasteiger partial charge is 0.388 e. The molecule has 2 rings (SSSR count). The van der Waals surface area contributed by atoms with Crippen molar-refractivity contribution in [3.63, 3.8) is 0 Å². The van der Waals surface area contributed by atoms with Gasteiger partial charge in [-0.15, -0.1) is 0 Å². The van der Waals surface area contributed by atoms with Crippen LogP contribution in [0.1, 0.15) is 31.9 Å². The van der Waals surface area contributed by atoms with E-state index < -0.39 is 0 Å². The average molecular weight is 236 g/mol. The van der Waals surface area contributed by atoms with Gasteiger partial charge in [-0.3, -0.25) is 4.98 Å². The standard InChI is InChI=1S/C11H16N4S/c1-8-4-2-3-5-15(8)10-7-13-6-9(14-10)11(12)16/h6-8H,2-5H2,1H3,(H2,12,16). The molecule has 4 nitrogen and oxygen atoms in total. The van der Waals surface area contributed by atoms with E-state index in [-0.39, 0.29) is 0 Å². The summed E-state index contributed by atoms with van der Waals surface area (Å²) in [5.41, 5.74) is 6.16. The third kappa shape index (κ3) is 2.29. The molecular weight excluding hydrogens is 220 g/mol. The normalized spacial score (nSPS) is 20.8. The Morgan fingerprint density at radius 3 is 3.00 bits per heavy atom. The molecule has 0 aliphatic carbocycles. The number of rotatable bonds is 2. The second kappa shape index (κ2) is 4.74. The quantitative estimate of drug-likeness (QED) is 0.788.